The van der Waals surface area contributed by atoms with Crippen LogP contribution in [0.5, 0.6) is 0 Å². The van der Waals surface area contributed by atoms with Crippen molar-refractivity contribution in [3.8, 4) is 5.69 Å². The Kier molecular flexibility index (Phi) is 6.72. The maximum absolute atomic E-state index is 11.2. The van der Waals surface area contributed by atoms with Gasteiger partial charge < -0.3 is 15.2 Å². The first-order chi connectivity index (χ1) is 14.6. The SMILES string of the molecule is C1C2CC3CC1CC(C2)C3.COCCCNc1c(C(=O)O)cnn1-c1ccccc1. The predicted molar refractivity (Wildman–Crippen MR) is 117 cm³/mol. The van der Waals surface area contributed by atoms with Crippen LogP contribution in [0, 0.1) is 23.7 Å². The molecule has 1 aromatic heterocycles. The highest BCUT2D eigenvalue weighted by molar-refractivity contribution is 5.93. The number of aromatic nitrogens is 2. The summed E-state index contributed by atoms with van der Waals surface area (Å²) in [5.74, 6) is 4.20. The molecule has 0 radical (unpaired) electrons. The van der Waals surface area contributed by atoms with Gasteiger partial charge in [-0.3, -0.25) is 0 Å². The van der Waals surface area contributed by atoms with Gasteiger partial charge in [-0.05, 0) is 80.8 Å². The van der Waals surface area contributed by atoms with Gasteiger partial charge in [0.25, 0.3) is 0 Å². The van der Waals surface area contributed by atoms with Crippen LogP contribution in [0.1, 0.15) is 55.3 Å². The number of hydrogen-bond donors (Lipinski definition) is 2. The number of nitrogens with one attached hydrogen (secondary N) is 1. The van der Waals surface area contributed by atoms with Crippen molar-refractivity contribution in [2.24, 2.45) is 23.7 Å². The molecule has 4 saturated carbocycles. The second-order valence-corrected chi connectivity index (χ2v) is 9.11. The molecule has 4 aliphatic carbocycles. The number of benzene rings is 1. The minimum atomic E-state index is -0.999. The molecule has 0 amide bonds. The van der Waals surface area contributed by atoms with Gasteiger partial charge in [0.05, 0.1) is 11.9 Å². The molecule has 0 unspecified atom stereocenters. The fourth-order valence-electron chi connectivity index (χ4n) is 5.85. The van der Waals surface area contributed by atoms with Gasteiger partial charge in [-0.25, -0.2) is 9.48 Å². The van der Waals surface area contributed by atoms with E-state index in [1.807, 2.05) is 30.3 Å². The summed E-state index contributed by atoms with van der Waals surface area (Å²) in [6.07, 6.45) is 11.8. The lowest BCUT2D eigenvalue weighted by Gasteiger charge is -2.49. The zero-order valence-corrected chi connectivity index (χ0v) is 17.8. The fourth-order valence-corrected chi connectivity index (χ4v) is 5.85. The summed E-state index contributed by atoms with van der Waals surface area (Å²) in [6.45, 7) is 1.24. The zero-order chi connectivity index (χ0) is 20.9. The first-order valence-corrected chi connectivity index (χ1v) is 11.2. The monoisotopic (exact) mass is 411 g/mol. The molecule has 6 nitrogen and oxygen atoms in total. The number of aromatic carboxylic acids is 1. The average molecular weight is 412 g/mol. The molecule has 0 aliphatic heterocycles. The molecule has 0 spiro atoms. The van der Waals surface area contributed by atoms with E-state index >= 15 is 0 Å². The second-order valence-electron chi connectivity index (χ2n) is 9.11. The molecular formula is C24H33N3O3. The number of anilines is 1. The summed E-state index contributed by atoms with van der Waals surface area (Å²) in [7, 11) is 1.64. The summed E-state index contributed by atoms with van der Waals surface area (Å²) in [6, 6.07) is 9.41. The zero-order valence-electron chi connectivity index (χ0n) is 17.8. The maximum atomic E-state index is 11.2. The highest BCUT2D eigenvalue weighted by atomic mass is 16.5. The maximum Gasteiger partial charge on any atom is 0.341 e. The van der Waals surface area contributed by atoms with E-state index < -0.39 is 5.97 Å². The fraction of sp³-hybridized carbons (Fsp3) is 0.583. The molecule has 2 aromatic rings. The normalized spacial score (nSPS) is 26.2. The third-order valence-electron chi connectivity index (χ3n) is 6.82. The second kappa shape index (κ2) is 9.65. The molecule has 1 aromatic carbocycles. The van der Waals surface area contributed by atoms with Crippen LogP contribution in [-0.2, 0) is 4.74 Å². The number of nitrogens with zero attached hydrogens (tertiary/aromatic N) is 2. The van der Waals surface area contributed by atoms with Crippen molar-refractivity contribution < 1.29 is 14.6 Å². The van der Waals surface area contributed by atoms with Crippen molar-refractivity contribution in [3.63, 3.8) is 0 Å². The van der Waals surface area contributed by atoms with Crippen LogP contribution in [0.15, 0.2) is 36.5 Å². The summed E-state index contributed by atoms with van der Waals surface area (Å²) >= 11 is 0. The van der Waals surface area contributed by atoms with Gasteiger partial charge >= 0.3 is 5.97 Å². The summed E-state index contributed by atoms with van der Waals surface area (Å²) in [4.78, 5) is 11.2. The molecule has 162 valence electrons. The van der Waals surface area contributed by atoms with Gasteiger partial charge in [0.15, 0.2) is 0 Å². The van der Waals surface area contributed by atoms with Crippen molar-refractivity contribution in [2.45, 2.75) is 44.9 Å². The minimum absolute atomic E-state index is 0.159. The Hall–Kier alpha value is -2.34. The van der Waals surface area contributed by atoms with Gasteiger partial charge in [0, 0.05) is 20.3 Å². The van der Waals surface area contributed by atoms with E-state index in [9.17, 15) is 9.90 Å². The predicted octanol–water partition coefficient (Wildman–Crippen LogP) is 4.85. The lowest BCUT2D eigenvalue weighted by molar-refractivity contribution is 0.0198. The third kappa shape index (κ3) is 4.86. The van der Waals surface area contributed by atoms with Crippen molar-refractivity contribution in [3.05, 3.63) is 42.1 Å². The van der Waals surface area contributed by atoms with Crippen molar-refractivity contribution in [1.82, 2.24) is 9.78 Å². The van der Waals surface area contributed by atoms with Gasteiger partial charge in [-0.15, -0.1) is 0 Å². The number of carboxylic acids is 1. The van der Waals surface area contributed by atoms with Gasteiger partial charge in [-0.2, -0.15) is 5.10 Å². The first kappa shape index (κ1) is 20.9. The Morgan fingerprint density at radius 1 is 1.07 bits per heavy atom. The molecule has 6 heteroatoms. The number of ether oxygens (including phenoxy) is 1. The number of rotatable bonds is 7. The Labute approximate surface area is 178 Å². The van der Waals surface area contributed by atoms with Crippen LogP contribution < -0.4 is 5.32 Å². The lowest BCUT2D eigenvalue weighted by atomic mass is 9.56. The third-order valence-corrected chi connectivity index (χ3v) is 6.82. The number of carbonyl (C=O) groups is 1. The van der Waals surface area contributed by atoms with Crippen molar-refractivity contribution in [1.29, 1.82) is 0 Å². The lowest BCUT2D eigenvalue weighted by Crippen LogP contribution is -2.38. The first-order valence-electron chi connectivity index (χ1n) is 11.2. The molecule has 2 N–H and O–H groups in total. The van der Waals surface area contributed by atoms with E-state index in [1.165, 1.54) is 29.9 Å². The average Bonchev–Trinajstić information content (AvgIpc) is 3.16. The Morgan fingerprint density at radius 3 is 2.13 bits per heavy atom. The summed E-state index contributed by atoms with van der Waals surface area (Å²) in [5.41, 5.74) is 0.973. The van der Waals surface area contributed by atoms with Crippen LogP contribution in [0.4, 0.5) is 5.82 Å². The van der Waals surface area contributed by atoms with Gasteiger partial charge in [0.2, 0.25) is 0 Å². The van der Waals surface area contributed by atoms with Crippen LogP contribution in [0.3, 0.4) is 0 Å². The minimum Gasteiger partial charge on any atom is -0.477 e. The van der Waals surface area contributed by atoms with Crippen molar-refractivity contribution >= 4 is 11.8 Å². The van der Waals surface area contributed by atoms with Gasteiger partial charge in [-0.1, -0.05) is 18.2 Å². The number of hydrogen-bond acceptors (Lipinski definition) is 4. The molecule has 0 atom stereocenters. The van der Waals surface area contributed by atoms with E-state index in [4.69, 9.17) is 4.74 Å². The Morgan fingerprint density at radius 2 is 1.63 bits per heavy atom. The van der Waals surface area contributed by atoms with E-state index in [1.54, 1.807) is 50.3 Å². The molecule has 4 bridgehead atoms. The number of carboxylic acid groups (broad SMARTS) is 1. The number of methoxy groups -OCH3 is 1. The summed E-state index contributed by atoms with van der Waals surface area (Å²) < 4.78 is 6.57. The Balaban J connectivity index is 0.000000178. The molecular weight excluding hydrogens is 378 g/mol. The van der Waals surface area contributed by atoms with Crippen LogP contribution in [0.25, 0.3) is 5.69 Å². The molecule has 4 fully saturated rings. The van der Waals surface area contributed by atoms with E-state index in [0.29, 0.717) is 19.0 Å². The highest BCUT2D eigenvalue weighted by Crippen LogP contribution is 2.53. The van der Waals surface area contributed by atoms with Crippen LogP contribution in [-0.4, -0.2) is 41.1 Å². The van der Waals surface area contributed by atoms with Crippen LogP contribution >= 0.6 is 0 Å². The van der Waals surface area contributed by atoms with E-state index in [-0.39, 0.29) is 5.56 Å². The molecule has 1 heterocycles. The smallest absolute Gasteiger partial charge is 0.341 e. The van der Waals surface area contributed by atoms with Gasteiger partial charge in [0.1, 0.15) is 11.4 Å². The summed E-state index contributed by atoms with van der Waals surface area (Å²) in [5, 5.41) is 16.5. The van der Waals surface area contributed by atoms with Crippen molar-refractivity contribution in [2.75, 3.05) is 25.6 Å². The molecule has 4 aliphatic rings. The highest BCUT2D eigenvalue weighted by Gasteiger charge is 2.41. The quantitative estimate of drug-likeness (QED) is 0.637. The Bertz CT molecular complexity index is 777. The molecule has 6 rings (SSSR count). The van der Waals surface area contributed by atoms with Crippen LogP contribution in [0.2, 0.25) is 0 Å². The van der Waals surface area contributed by atoms with E-state index in [0.717, 1.165) is 12.1 Å². The van der Waals surface area contributed by atoms with E-state index in [2.05, 4.69) is 10.4 Å². The standard InChI is InChI=1S/C14H17N3O3.C10H16/c1-20-9-5-8-15-13-12(14(18)19)10-16-17(13)11-6-3-2-4-7-11;1-7-2-9-4-8(1)5-10(3-7)6-9/h2-4,6-7,10,15H,5,8-9H2,1H3,(H,18,19);7-10H,1-6H2. The molecule has 0 saturated heterocycles. The molecule has 30 heavy (non-hydrogen) atoms. The largest absolute Gasteiger partial charge is 0.477 e. The number of para-hydroxylation sites is 1. The topological polar surface area (TPSA) is 76.4 Å².